The van der Waals surface area contributed by atoms with Crippen molar-refractivity contribution < 1.29 is 9.59 Å². The van der Waals surface area contributed by atoms with E-state index in [0.717, 1.165) is 17.7 Å². The van der Waals surface area contributed by atoms with Gasteiger partial charge in [0.15, 0.2) is 0 Å². The van der Waals surface area contributed by atoms with E-state index in [1.54, 1.807) is 12.1 Å². The van der Waals surface area contributed by atoms with E-state index in [2.05, 4.69) is 10.6 Å². The summed E-state index contributed by atoms with van der Waals surface area (Å²) in [6.45, 7) is 4.04. The zero-order valence-electron chi connectivity index (χ0n) is 11.9. The summed E-state index contributed by atoms with van der Waals surface area (Å²) in [5, 5.41) is 6.20. The maximum absolute atomic E-state index is 12.0. The number of benzene rings is 1. The second-order valence-electron chi connectivity index (χ2n) is 4.73. The van der Waals surface area contributed by atoms with Gasteiger partial charge in [0.05, 0.1) is 10.6 Å². The summed E-state index contributed by atoms with van der Waals surface area (Å²) in [5.74, 6) is -0.520. The zero-order chi connectivity index (χ0) is 15.4. The fraction of sp³-hybridized carbons (Fsp3) is 0.333. The lowest BCUT2D eigenvalue weighted by atomic mass is 10.2. The van der Waals surface area contributed by atoms with Crippen LogP contribution in [0.15, 0.2) is 34.1 Å². The fourth-order valence-electron chi connectivity index (χ4n) is 1.99. The maximum Gasteiger partial charge on any atom is 0.262 e. The molecule has 21 heavy (non-hydrogen) atoms. The topological polar surface area (TPSA) is 58.2 Å². The molecular weight excluding hydrogens is 308 g/mol. The van der Waals surface area contributed by atoms with Gasteiger partial charge in [-0.25, -0.2) is 0 Å². The number of thioether (sulfide) groups is 1. The molecule has 0 spiro atoms. The first kappa shape index (κ1) is 15.9. The normalized spacial score (nSPS) is 15.8. The summed E-state index contributed by atoms with van der Waals surface area (Å²) in [6, 6.07) is 5.42. The smallest absolute Gasteiger partial charge is 0.262 e. The SMILES string of the molecule is CCC(CC)NC(=O)/C=C1/Sc2ccc(Cl)cc2NC1=O. The minimum absolute atomic E-state index is 0.136. The van der Waals surface area contributed by atoms with Crippen LogP contribution in [0.4, 0.5) is 5.69 Å². The highest BCUT2D eigenvalue weighted by Crippen LogP contribution is 2.39. The molecule has 2 N–H and O–H groups in total. The number of carbonyl (C=O) groups excluding carboxylic acids is 2. The van der Waals surface area contributed by atoms with Crippen LogP contribution in [0, 0.1) is 0 Å². The van der Waals surface area contributed by atoms with Crippen molar-refractivity contribution in [2.75, 3.05) is 5.32 Å². The molecule has 1 aliphatic rings. The summed E-state index contributed by atoms with van der Waals surface area (Å²) in [7, 11) is 0. The number of amides is 2. The van der Waals surface area contributed by atoms with Crippen LogP contribution in [-0.2, 0) is 9.59 Å². The minimum atomic E-state index is -0.283. The lowest BCUT2D eigenvalue weighted by Gasteiger charge is -2.19. The van der Waals surface area contributed by atoms with Crippen LogP contribution in [0.2, 0.25) is 5.02 Å². The summed E-state index contributed by atoms with van der Waals surface area (Å²) < 4.78 is 0. The van der Waals surface area contributed by atoms with Gasteiger partial charge in [-0.2, -0.15) is 0 Å². The van der Waals surface area contributed by atoms with E-state index in [-0.39, 0.29) is 17.9 Å². The molecule has 6 heteroatoms. The van der Waals surface area contributed by atoms with E-state index in [1.165, 1.54) is 17.8 Å². The Morgan fingerprint density at radius 2 is 2.14 bits per heavy atom. The summed E-state index contributed by atoms with van der Waals surface area (Å²) in [6.07, 6.45) is 3.09. The highest BCUT2D eigenvalue weighted by Gasteiger charge is 2.22. The number of hydrogen-bond acceptors (Lipinski definition) is 3. The Bertz CT molecular complexity index is 597. The predicted molar refractivity (Wildman–Crippen MR) is 86.5 cm³/mol. The molecule has 0 bridgehead atoms. The molecule has 0 radical (unpaired) electrons. The molecule has 2 rings (SSSR count). The van der Waals surface area contributed by atoms with Crippen LogP contribution < -0.4 is 10.6 Å². The molecule has 0 unspecified atom stereocenters. The third-order valence-electron chi connectivity index (χ3n) is 3.23. The first-order valence-corrected chi connectivity index (χ1v) is 8.03. The Balaban J connectivity index is 2.14. The van der Waals surface area contributed by atoms with Gasteiger partial charge in [0, 0.05) is 22.0 Å². The third-order valence-corrected chi connectivity index (χ3v) is 4.56. The van der Waals surface area contributed by atoms with Gasteiger partial charge in [0.25, 0.3) is 5.91 Å². The van der Waals surface area contributed by atoms with Crippen molar-refractivity contribution in [2.24, 2.45) is 0 Å². The van der Waals surface area contributed by atoms with Crippen LogP contribution in [-0.4, -0.2) is 17.9 Å². The second kappa shape index (κ2) is 7.00. The molecule has 0 saturated carbocycles. The average molecular weight is 325 g/mol. The summed E-state index contributed by atoms with van der Waals surface area (Å²) in [5.41, 5.74) is 0.676. The van der Waals surface area contributed by atoms with Crippen molar-refractivity contribution in [2.45, 2.75) is 37.6 Å². The lowest BCUT2D eigenvalue weighted by Crippen LogP contribution is -2.33. The van der Waals surface area contributed by atoms with E-state index < -0.39 is 0 Å². The Morgan fingerprint density at radius 1 is 1.43 bits per heavy atom. The molecule has 0 atom stereocenters. The van der Waals surface area contributed by atoms with Gasteiger partial charge in [0.2, 0.25) is 5.91 Å². The fourth-order valence-corrected chi connectivity index (χ4v) is 3.06. The highest BCUT2D eigenvalue weighted by atomic mass is 35.5. The molecule has 1 aliphatic heterocycles. The van der Waals surface area contributed by atoms with E-state index in [0.29, 0.717) is 15.6 Å². The molecule has 0 aromatic heterocycles. The van der Waals surface area contributed by atoms with Crippen molar-refractivity contribution >= 4 is 40.9 Å². The molecule has 112 valence electrons. The van der Waals surface area contributed by atoms with Gasteiger partial charge >= 0.3 is 0 Å². The average Bonchev–Trinajstić information content (AvgIpc) is 2.45. The van der Waals surface area contributed by atoms with Gasteiger partial charge in [-0.15, -0.1) is 0 Å². The van der Waals surface area contributed by atoms with Gasteiger partial charge in [-0.1, -0.05) is 37.2 Å². The predicted octanol–water partition coefficient (Wildman–Crippen LogP) is 3.57. The van der Waals surface area contributed by atoms with E-state index in [1.807, 2.05) is 19.9 Å². The van der Waals surface area contributed by atoms with Crippen molar-refractivity contribution in [3.8, 4) is 0 Å². The molecule has 1 heterocycles. The molecule has 1 aromatic rings. The van der Waals surface area contributed by atoms with Crippen molar-refractivity contribution in [1.29, 1.82) is 0 Å². The van der Waals surface area contributed by atoms with E-state index in [4.69, 9.17) is 11.6 Å². The van der Waals surface area contributed by atoms with Crippen LogP contribution in [0.3, 0.4) is 0 Å². The monoisotopic (exact) mass is 324 g/mol. The number of rotatable bonds is 4. The van der Waals surface area contributed by atoms with Crippen molar-refractivity contribution in [1.82, 2.24) is 5.32 Å². The van der Waals surface area contributed by atoms with Crippen LogP contribution >= 0.6 is 23.4 Å². The van der Waals surface area contributed by atoms with Gasteiger partial charge in [0.1, 0.15) is 0 Å². The van der Waals surface area contributed by atoms with Crippen LogP contribution in [0.5, 0.6) is 0 Å². The Hall–Kier alpha value is -1.46. The first-order chi connectivity index (χ1) is 10.0. The maximum atomic E-state index is 12.0. The second-order valence-corrected chi connectivity index (χ2v) is 6.25. The molecule has 4 nitrogen and oxygen atoms in total. The summed E-state index contributed by atoms with van der Waals surface area (Å²) >= 11 is 7.17. The number of fused-ring (bicyclic) bond motifs is 1. The largest absolute Gasteiger partial charge is 0.350 e. The molecular formula is C15H17ClN2O2S. The van der Waals surface area contributed by atoms with E-state index in [9.17, 15) is 9.59 Å². The van der Waals surface area contributed by atoms with Gasteiger partial charge < -0.3 is 10.6 Å². The van der Waals surface area contributed by atoms with E-state index >= 15 is 0 Å². The number of anilines is 1. The van der Waals surface area contributed by atoms with Gasteiger partial charge in [-0.05, 0) is 31.0 Å². The Morgan fingerprint density at radius 3 is 2.81 bits per heavy atom. The quantitative estimate of drug-likeness (QED) is 0.832. The number of carbonyl (C=O) groups is 2. The lowest BCUT2D eigenvalue weighted by molar-refractivity contribution is -0.118. The Labute approximate surface area is 133 Å². The third kappa shape index (κ3) is 4.02. The minimum Gasteiger partial charge on any atom is -0.350 e. The van der Waals surface area contributed by atoms with Gasteiger partial charge in [-0.3, -0.25) is 9.59 Å². The molecule has 2 amide bonds. The molecule has 0 saturated heterocycles. The van der Waals surface area contributed by atoms with Crippen LogP contribution in [0.25, 0.3) is 0 Å². The molecule has 0 aliphatic carbocycles. The molecule has 1 aromatic carbocycles. The first-order valence-electron chi connectivity index (χ1n) is 6.84. The van der Waals surface area contributed by atoms with Crippen molar-refractivity contribution in [3.63, 3.8) is 0 Å². The zero-order valence-corrected chi connectivity index (χ0v) is 13.5. The standard InChI is InChI=1S/C15H17ClN2O2S/c1-3-10(4-2)17-14(19)8-13-15(20)18-11-7-9(16)5-6-12(11)21-13/h5-8,10H,3-4H2,1-2H3,(H,17,19)(H,18,20)/b13-8+. The number of halogens is 1. The number of nitrogens with one attached hydrogen (secondary N) is 2. The number of hydrogen-bond donors (Lipinski definition) is 2. The summed E-state index contributed by atoms with van der Waals surface area (Å²) in [4.78, 5) is 25.2. The van der Waals surface area contributed by atoms with Crippen molar-refractivity contribution in [3.05, 3.63) is 34.2 Å². The molecule has 0 fully saturated rings. The highest BCUT2D eigenvalue weighted by molar-refractivity contribution is 8.04. The Kier molecular flexibility index (Phi) is 5.31. The van der Waals surface area contributed by atoms with Crippen LogP contribution in [0.1, 0.15) is 26.7 Å².